The van der Waals surface area contributed by atoms with Crippen LogP contribution in [0, 0.1) is 5.92 Å². The van der Waals surface area contributed by atoms with Crippen LogP contribution in [-0.2, 0) is 16.6 Å². The maximum Gasteiger partial charge on any atom is 0.511 e. The van der Waals surface area contributed by atoms with Gasteiger partial charge in [0.05, 0.1) is 7.11 Å². The van der Waals surface area contributed by atoms with Crippen molar-refractivity contribution in [3.63, 3.8) is 0 Å². The van der Waals surface area contributed by atoms with E-state index in [0.717, 1.165) is 11.3 Å². The van der Waals surface area contributed by atoms with Gasteiger partial charge in [-0.2, -0.15) is 17.5 Å². The Morgan fingerprint density at radius 3 is 2.54 bits per heavy atom. The first-order chi connectivity index (χ1) is 13.2. The van der Waals surface area contributed by atoms with Gasteiger partial charge in [0, 0.05) is 33.2 Å². The van der Waals surface area contributed by atoms with Crippen LogP contribution in [0.2, 0.25) is 0 Å². The summed E-state index contributed by atoms with van der Waals surface area (Å²) in [5.41, 5.74) is -4.24. The van der Waals surface area contributed by atoms with E-state index < -0.39 is 15.5 Å². The van der Waals surface area contributed by atoms with Crippen LogP contribution in [0.25, 0.3) is 0 Å². The van der Waals surface area contributed by atoms with Crippen molar-refractivity contribution >= 4 is 16.0 Å². The number of piperidine rings is 1. The summed E-state index contributed by atoms with van der Waals surface area (Å²) < 4.78 is 66.4. The maximum atomic E-state index is 12.6. The number of nitrogens with one attached hydrogen (secondary N) is 2. The van der Waals surface area contributed by atoms with Crippen molar-refractivity contribution < 1.29 is 26.3 Å². The summed E-state index contributed by atoms with van der Waals surface area (Å²) in [6, 6.07) is 7.58. The summed E-state index contributed by atoms with van der Waals surface area (Å²) in [6.07, 6.45) is 0.713. The van der Waals surface area contributed by atoms with Gasteiger partial charge in [-0.25, -0.2) is 8.42 Å². The molecule has 0 aliphatic carbocycles. The molecular formula is C17H25F3N4O3S. The number of ether oxygens (including phenoxy) is 1. The lowest BCUT2D eigenvalue weighted by Crippen LogP contribution is -2.47. The largest absolute Gasteiger partial charge is 0.511 e. The van der Waals surface area contributed by atoms with E-state index in [9.17, 15) is 21.6 Å². The molecule has 0 radical (unpaired) electrons. The highest BCUT2D eigenvalue weighted by molar-refractivity contribution is 7.90. The molecule has 0 atom stereocenters. The van der Waals surface area contributed by atoms with Gasteiger partial charge in [0.15, 0.2) is 5.96 Å². The van der Waals surface area contributed by atoms with Gasteiger partial charge in [-0.05, 0) is 36.5 Å². The Morgan fingerprint density at radius 2 is 1.96 bits per heavy atom. The fraction of sp³-hybridized carbons (Fsp3) is 0.588. The van der Waals surface area contributed by atoms with Gasteiger partial charge in [0.2, 0.25) is 0 Å². The molecule has 28 heavy (non-hydrogen) atoms. The number of benzene rings is 1. The van der Waals surface area contributed by atoms with E-state index in [2.05, 4.69) is 15.6 Å². The molecular weight excluding hydrogens is 397 g/mol. The van der Waals surface area contributed by atoms with E-state index in [-0.39, 0.29) is 19.0 Å². The van der Waals surface area contributed by atoms with Crippen molar-refractivity contribution in [2.24, 2.45) is 10.9 Å². The van der Waals surface area contributed by atoms with Crippen LogP contribution >= 0.6 is 0 Å². The Kier molecular flexibility index (Phi) is 7.53. The molecule has 7 nitrogen and oxygen atoms in total. The highest BCUT2D eigenvalue weighted by atomic mass is 32.2. The Labute approximate surface area is 163 Å². The van der Waals surface area contributed by atoms with Gasteiger partial charge in [-0.15, -0.1) is 0 Å². The second-order valence-electron chi connectivity index (χ2n) is 6.45. The van der Waals surface area contributed by atoms with Crippen LogP contribution in [0.5, 0.6) is 5.75 Å². The van der Waals surface area contributed by atoms with Gasteiger partial charge >= 0.3 is 15.5 Å². The molecule has 0 amide bonds. The first-order valence-corrected chi connectivity index (χ1v) is 10.2. The second kappa shape index (κ2) is 9.46. The molecule has 0 saturated carbocycles. The number of halogens is 3. The molecule has 0 spiro atoms. The second-order valence-corrected chi connectivity index (χ2v) is 8.38. The van der Waals surface area contributed by atoms with Crippen molar-refractivity contribution in [2.75, 3.05) is 33.8 Å². The van der Waals surface area contributed by atoms with Gasteiger partial charge in [0.1, 0.15) is 5.75 Å². The Balaban J connectivity index is 1.79. The van der Waals surface area contributed by atoms with Crippen molar-refractivity contribution in [3.05, 3.63) is 29.8 Å². The number of sulfonamides is 1. The minimum atomic E-state index is -5.25. The summed E-state index contributed by atoms with van der Waals surface area (Å²) in [7, 11) is -2.02. The monoisotopic (exact) mass is 422 g/mol. The fourth-order valence-electron chi connectivity index (χ4n) is 2.93. The first-order valence-electron chi connectivity index (χ1n) is 8.81. The lowest BCUT2D eigenvalue weighted by Gasteiger charge is -2.31. The predicted octanol–water partition coefficient (Wildman–Crippen LogP) is 1.92. The molecule has 1 heterocycles. The zero-order valence-corrected chi connectivity index (χ0v) is 16.6. The average molecular weight is 422 g/mol. The minimum absolute atomic E-state index is 0.0649. The maximum absolute atomic E-state index is 12.6. The number of alkyl halides is 3. The summed E-state index contributed by atoms with van der Waals surface area (Å²) in [6.45, 7) is 0.755. The third-order valence-corrected chi connectivity index (χ3v) is 6.21. The highest BCUT2D eigenvalue weighted by Gasteiger charge is 2.50. The highest BCUT2D eigenvalue weighted by Crippen LogP contribution is 2.30. The third kappa shape index (κ3) is 5.74. The van der Waals surface area contributed by atoms with Crippen molar-refractivity contribution in [1.29, 1.82) is 0 Å². The predicted molar refractivity (Wildman–Crippen MR) is 100 cm³/mol. The van der Waals surface area contributed by atoms with E-state index in [4.69, 9.17) is 4.74 Å². The van der Waals surface area contributed by atoms with E-state index in [1.807, 2.05) is 24.3 Å². The normalized spacial score (nSPS) is 17.4. The lowest BCUT2D eigenvalue weighted by molar-refractivity contribution is -0.0496. The molecule has 1 aliphatic heterocycles. The molecule has 158 valence electrons. The third-order valence-electron chi connectivity index (χ3n) is 4.58. The molecule has 1 aromatic rings. The summed E-state index contributed by atoms with van der Waals surface area (Å²) >= 11 is 0. The number of hydrogen-bond donors (Lipinski definition) is 2. The molecule has 1 fully saturated rings. The van der Waals surface area contributed by atoms with Crippen LogP contribution in [0.4, 0.5) is 13.2 Å². The molecule has 0 bridgehead atoms. The van der Waals surface area contributed by atoms with E-state index in [1.165, 1.54) is 0 Å². The number of aliphatic imine (C=N–C) groups is 1. The van der Waals surface area contributed by atoms with Gasteiger partial charge < -0.3 is 15.4 Å². The van der Waals surface area contributed by atoms with Crippen LogP contribution in [0.1, 0.15) is 18.4 Å². The first kappa shape index (κ1) is 22.3. The van der Waals surface area contributed by atoms with Crippen molar-refractivity contribution in [3.8, 4) is 5.75 Å². The zero-order chi connectivity index (χ0) is 20.8. The summed E-state index contributed by atoms with van der Waals surface area (Å²) in [5.74, 6) is 1.38. The van der Waals surface area contributed by atoms with Gasteiger partial charge in [-0.1, -0.05) is 12.1 Å². The van der Waals surface area contributed by atoms with E-state index in [1.54, 1.807) is 14.2 Å². The van der Waals surface area contributed by atoms with E-state index >= 15 is 0 Å². The summed E-state index contributed by atoms with van der Waals surface area (Å²) in [5, 5.41) is 6.30. The SMILES string of the molecule is CN=C(NCc1cccc(OC)c1)NCC1CCN(S(=O)(=O)C(F)(F)F)CC1. The number of rotatable bonds is 6. The molecule has 1 aromatic carbocycles. The molecule has 11 heteroatoms. The van der Waals surface area contributed by atoms with Crippen molar-refractivity contribution in [2.45, 2.75) is 24.9 Å². The average Bonchev–Trinajstić information content (AvgIpc) is 2.67. The molecule has 1 saturated heterocycles. The lowest BCUT2D eigenvalue weighted by atomic mass is 9.98. The number of nitrogens with zero attached hydrogens (tertiary/aromatic N) is 2. The standard InChI is InChI=1S/C17H25F3N4O3S/c1-21-16(23-12-14-4-3-5-15(10-14)27-2)22-11-13-6-8-24(9-7-13)28(25,26)17(18,19)20/h3-5,10,13H,6-9,11-12H2,1-2H3,(H2,21,22,23). The van der Waals surface area contributed by atoms with Gasteiger partial charge in [-0.3, -0.25) is 4.99 Å². The summed E-state index contributed by atoms with van der Waals surface area (Å²) in [4.78, 5) is 4.12. The molecule has 2 N–H and O–H groups in total. The minimum Gasteiger partial charge on any atom is -0.497 e. The quantitative estimate of drug-likeness (QED) is 0.541. The Bertz CT molecular complexity index is 776. The molecule has 0 aromatic heterocycles. The fourth-order valence-corrected chi connectivity index (χ4v) is 3.91. The smallest absolute Gasteiger partial charge is 0.497 e. The number of guanidine groups is 1. The molecule has 0 unspecified atom stereocenters. The van der Waals surface area contributed by atoms with Crippen LogP contribution in [-0.4, -0.2) is 58.0 Å². The van der Waals surface area contributed by atoms with Crippen LogP contribution in [0.15, 0.2) is 29.3 Å². The van der Waals surface area contributed by atoms with Crippen LogP contribution in [0.3, 0.4) is 0 Å². The van der Waals surface area contributed by atoms with Gasteiger partial charge in [0.25, 0.3) is 0 Å². The van der Waals surface area contributed by atoms with E-state index in [0.29, 0.717) is 36.2 Å². The topological polar surface area (TPSA) is 83.0 Å². The zero-order valence-electron chi connectivity index (χ0n) is 15.8. The molecule has 2 rings (SSSR count). The van der Waals surface area contributed by atoms with Crippen LogP contribution < -0.4 is 15.4 Å². The number of hydrogen-bond acceptors (Lipinski definition) is 4. The number of methoxy groups -OCH3 is 1. The molecule has 1 aliphatic rings. The Hall–Kier alpha value is -2.01. The Morgan fingerprint density at radius 1 is 1.29 bits per heavy atom. The van der Waals surface area contributed by atoms with Crippen molar-refractivity contribution in [1.82, 2.24) is 14.9 Å².